The van der Waals surface area contributed by atoms with Crippen molar-refractivity contribution in [3.63, 3.8) is 0 Å². The highest BCUT2D eigenvalue weighted by molar-refractivity contribution is 5.29. The second-order valence-electron chi connectivity index (χ2n) is 2.71. The molecule has 0 fully saturated rings. The Morgan fingerprint density at radius 3 is 3.09 bits per heavy atom. The lowest BCUT2D eigenvalue weighted by Crippen LogP contribution is -1.89. The number of methoxy groups -OCH3 is 1. The van der Waals surface area contributed by atoms with Gasteiger partial charge in [-0.25, -0.2) is 0 Å². The molecule has 1 aliphatic rings. The topological polar surface area (TPSA) is 9.23 Å². The summed E-state index contributed by atoms with van der Waals surface area (Å²) in [5.74, 6) is 6.07. The molecule has 0 aromatic rings. The van der Waals surface area contributed by atoms with Gasteiger partial charge in [-0.3, -0.25) is 0 Å². The number of allylic oxidation sites excluding steroid dienone is 2. The number of hydrogen-bond acceptors (Lipinski definition) is 1. The molecule has 0 saturated heterocycles. The van der Waals surface area contributed by atoms with Gasteiger partial charge in [0.25, 0.3) is 0 Å². The van der Waals surface area contributed by atoms with Crippen LogP contribution in [0.25, 0.3) is 0 Å². The summed E-state index contributed by atoms with van der Waals surface area (Å²) in [6, 6.07) is 0. The van der Waals surface area contributed by atoms with Crippen molar-refractivity contribution in [2.75, 3.05) is 13.7 Å². The summed E-state index contributed by atoms with van der Waals surface area (Å²) < 4.78 is 4.83. The Morgan fingerprint density at radius 2 is 2.45 bits per heavy atom. The fourth-order valence-corrected chi connectivity index (χ4v) is 1.17. The van der Waals surface area contributed by atoms with E-state index in [1.807, 2.05) is 0 Å². The molecule has 1 rings (SSSR count). The quantitative estimate of drug-likeness (QED) is 0.520. The predicted molar refractivity (Wildman–Crippen MR) is 46.2 cm³/mol. The van der Waals surface area contributed by atoms with E-state index in [-0.39, 0.29) is 0 Å². The van der Waals surface area contributed by atoms with Gasteiger partial charge in [-0.05, 0) is 31.3 Å². The maximum absolute atomic E-state index is 4.83. The molecule has 0 amide bonds. The molecule has 1 heteroatoms. The van der Waals surface area contributed by atoms with Gasteiger partial charge in [0.2, 0.25) is 0 Å². The van der Waals surface area contributed by atoms with Gasteiger partial charge in [0.1, 0.15) is 6.61 Å². The molecule has 0 bridgehead atoms. The van der Waals surface area contributed by atoms with E-state index in [4.69, 9.17) is 4.74 Å². The monoisotopic (exact) mass is 150 g/mol. The van der Waals surface area contributed by atoms with Gasteiger partial charge < -0.3 is 4.74 Å². The molecule has 0 aromatic heterocycles. The highest BCUT2D eigenvalue weighted by atomic mass is 16.5. The Kier molecular flexibility index (Phi) is 3.79. The molecule has 1 nitrogen and oxygen atoms in total. The predicted octanol–water partition coefficient (Wildman–Crippen LogP) is 2.14. The van der Waals surface area contributed by atoms with E-state index in [1.165, 1.54) is 24.8 Å². The zero-order valence-corrected chi connectivity index (χ0v) is 7.02. The van der Waals surface area contributed by atoms with Crippen molar-refractivity contribution < 1.29 is 4.74 Å². The first-order valence-electron chi connectivity index (χ1n) is 4.10. The summed E-state index contributed by atoms with van der Waals surface area (Å²) in [4.78, 5) is 0. The van der Waals surface area contributed by atoms with E-state index < -0.39 is 0 Å². The van der Waals surface area contributed by atoms with E-state index in [9.17, 15) is 0 Å². The third-order valence-electron chi connectivity index (χ3n) is 1.76. The van der Waals surface area contributed by atoms with Crippen LogP contribution in [0.2, 0.25) is 0 Å². The van der Waals surface area contributed by atoms with Gasteiger partial charge in [0, 0.05) is 7.11 Å². The highest BCUT2D eigenvalue weighted by Crippen LogP contribution is 2.15. The van der Waals surface area contributed by atoms with Crippen LogP contribution in [0.15, 0.2) is 11.6 Å². The lowest BCUT2D eigenvalue weighted by atomic mass is 10.0. The van der Waals surface area contributed by atoms with Gasteiger partial charge in [0.15, 0.2) is 0 Å². The Morgan fingerprint density at radius 1 is 1.55 bits per heavy atom. The van der Waals surface area contributed by atoms with E-state index in [0.29, 0.717) is 6.61 Å². The van der Waals surface area contributed by atoms with Crippen LogP contribution in [0.3, 0.4) is 0 Å². The van der Waals surface area contributed by atoms with Crippen LogP contribution < -0.4 is 0 Å². The van der Waals surface area contributed by atoms with Gasteiger partial charge in [-0.1, -0.05) is 17.9 Å². The molecule has 0 aliphatic heterocycles. The SMILES string of the molecule is COCC#CC1=CCCCC1. The third-order valence-corrected chi connectivity index (χ3v) is 1.76. The number of ether oxygens (including phenoxy) is 1. The normalized spacial score (nSPS) is 16.6. The maximum atomic E-state index is 4.83. The molecule has 11 heavy (non-hydrogen) atoms. The zero-order valence-electron chi connectivity index (χ0n) is 7.02. The Balaban J connectivity index is 2.36. The van der Waals surface area contributed by atoms with Crippen LogP contribution >= 0.6 is 0 Å². The summed E-state index contributed by atoms with van der Waals surface area (Å²) in [5, 5.41) is 0. The van der Waals surface area contributed by atoms with E-state index in [0.717, 1.165) is 6.42 Å². The van der Waals surface area contributed by atoms with E-state index in [2.05, 4.69) is 17.9 Å². The van der Waals surface area contributed by atoms with Crippen molar-refractivity contribution in [1.29, 1.82) is 0 Å². The zero-order chi connectivity index (χ0) is 7.94. The van der Waals surface area contributed by atoms with Gasteiger partial charge >= 0.3 is 0 Å². The fraction of sp³-hybridized carbons (Fsp3) is 0.600. The number of hydrogen-bond donors (Lipinski definition) is 0. The summed E-state index contributed by atoms with van der Waals surface area (Å²) in [6.07, 6.45) is 7.24. The summed E-state index contributed by atoms with van der Waals surface area (Å²) >= 11 is 0. The minimum atomic E-state index is 0.553. The third kappa shape index (κ3) is 3.25. The molecular formula is C10H14O. The lowest BCUT2D eigenvalue weighted by Gasteiger charge is -2.05. The van der Waals surface area contributed by atoms with Crippen molar-refractivity contribution in [3.8, 4) is 11.8 Å². The van der Waals surface area contributed by atoms with Crippen LogP contribution in [0.5, 0.6) is 0 Å². The molecule has 0 unspecified atom stereocenters. The molecule has 1 aliphatic carbocycles. The van der Waals surface area contributed by atoms with Crippen molar-refractivity contribution >= 4 is 0 Å². The minimum Gasteiger partial charge on any atom is -0.372 e. The van der Waals surface area contributed by atoms with Crippen LogP contribution in [0.1, 0.15) is 25.7 Å². The number of rotatable bonds is 1. The molecule has 60 valence electrons. The fourth-order valence-electron chi connectivity index (χ4n) is 1.17. The van der Waals surface area contributed by atoms with Gasteiger partial charge in [-0.15, -0.1) is 0 Å². The Hall–Kier alpha value is -0.740. The van der Waals surface area contributed by atoms with Crippen LogP contribution in [0.4, 0.5) is 0 Å². The van der Waals surface area contributed by atoms with Crippen molar-refractivity contribution in [1.82, 2.24) is 0 Å². The van der Waals surface area contributed by atoms with Crippen molar-refractivity contribution in [3.05, 3.63) is 11.6 Å². The average Bonchev–Trinajstić information content (AvgIpc) is 2.07. The second kappa shape index (κ2) is 4.98. The smallest absolute Gasteiger partial charge is 0.107 e. The highest BCUT2D eigenvalue weighted by Gasteiger charge is 1.98. The first-order chi connectivity index (χ1) is 5.43. The molecule has 0 spiro atoms. The molecule has 0 aromatic carbocycles. The largest absolute Gasteiger partial charge is 0.372 e. The Labute approximate surface area is 68.4 Å². The molecule has 0 heterocycles. The summed E-state index contributed by atoms with van der Waals surface area (Å²) in [5.41, 5.74) is 1.30. The average molecular weight is 150 g/mol. The van der Waals surface area contributed by atoms with Crippen LogP contribution in [0, 0.1) is 11.8 Å². The van der Waals surface area contributed by atoms with Crippen LogP contribution in [-0.2, 0) is 4.74 Å². The molecule has 0 N–H and O–H groups in total. The lowest BCUT2D eigenvalue weighted by molar-refractivity contribution is 0.240. The second-order valence-corrected chi connectivity index (χ2v) is 2.71. The minimum absolute atomic E-state index is 0.553. The van der Waals surface area contributed by atoms with E-state index in [1.54, 1.807) is 7.11 Å². The summed E-state index contributed by atoms with van der Waals surface area (Å²) in [6.45, 7) is 0.553. The first kappa shape index (κ1) is 8.36. The molecule has 0 radical (unpaired) electrons. The molecule has 0 atom stereocenters. The van der Waals surface area contributed by atoms with E-state index >= 15 is 0 Å². The summed E-state index contributed by atoms with van der Waals surface area (Å²) in [7, 11) is 1.67. The van der Waals surface area contributed by atoms with Gasteiger partial charge in [0.05, 0.1) is 0 Å². The van der Waals surface area contributed by atoms with Crippen LogP contribution in [-0.4, -0.2) is 13.7 Å². The maximum Gasteiger partial charge on any atom is 0.107 e. The van der Waals surface area contributed by atoms with Gasteiger partial charge in [-0.2, -0.15) is 0 Å². The molecular weight excluding hydrogens is 136 g/mol. The standard InChI is InChI=1S/C10H14O/c1-11-9-5-8-10-6-3-2-4-7-10/h6H,2-4,7,9H2,1H3. The van der Waals surface area contributed by atoms with Crippen molar-refractivity contribution in [2.45, 2.75) is 25.7 Å². The first-order valence-corrected chi connectivity index (χ1v) is 4.10. The molecule has 0 saturated carbocycles. The Bertz CT molecular complexity index is 193. The van der Waals surface area contributed by atoms with Crippen molar-refractivity contribution in [2.24, 2.45) is 0 Å².